The fourth-order valence-corrected chi connectivity index (χ4v) is 4.35. The summed E-state index contributed by atoms with van der Waals surface area (Å²) in [6.07, 6.45) is 2.62. The van der Waals surface area contributed by atoms with Gasteiger partial charge in [-0.2, -0.15) is 0 Å². The molecule has 0 saturated carbocycles. The maximum atomic E-state index is 13.4. The molecule has 0 fully saturated rings. The smallest absolute Gasteiger partial charge is 0.149 e. The Morgan fingerprint density at radius 1 is 0.500 bits per heavy atom. The summed E-state index contributed by atoms with van der Waals surface area (Å²) in [5.41, 5.74) is 7.63. The third-order valence-corrected chi connectivity index (χ3v) is 6.00. The van der Waals surface area contributed by atoms with Crippen LogP contribution in [-0.4, -0.2) is 12.7 Å². The molecule has 0 bridgehead atoms. The van der Waals surface area contributed by atoms with Crippen molar-refractivity contribution in [3.63, 3.8) is 0 Å². The van der Waals surface area contributed by atoms with E-state index in [1.165, 1.54) is 49.1 Å². The minimum absolute atomic E-state index is 0.196. The number of halogens is 4. The lowest BCUT2D eigenvalue weighted by atomic mass is 10.1. The summed E-state index contributed by atoms with van der Waals surface area (Å²) in [5.74, 6) is -2.58. The first-order chi connectivity index (χ1) is 19.0. The van der Waals surface area contributed by atoms with Gasteiger partial charge in [0.1, 0.15) is 34.6 Å². The Balaban J connectivity index is 0.000000220. The molecular weight excluding hydrogens is 516 g/mol. The van der Waals surface area contributed by atoms with Gasteiger partial charge in [-0.15, -0.1) is 0 Å². The number of aliphatic imine (C=N–C) groups is 2. The number of rotatable bonds is 6. The number of hydrogen-bond donors (Lipinski definition) is 2. The van der Waals surface area contributed by atoms with Crippen LogP contribution < -0.4 is 10.6 Å². The third-order valence-electron chi connectivity index (χ3n) is 6.00. The molecule has 0 spiro atoms. The van der Waals surface area contributed by atoms with Crippen LogP contribution in [0.15, 0.2) is 70.6 Å². The van der Waals surface area contributed by atoms with Gasteiger partial charge in [0.15, 0.2) is 0 Å². The highest BCUT2D eigenvalue weighted by Crippen LogP contribution is 2.26. The van der Waals surface area contributed by atoms with Crippen molar-refractivity contribution in [3.8, 4) is 0 Å². The van der Waals surface area contributed by atoms with Crippen molar-refractivity contribution in [2.45, 2.75) is 41.5 Å². The maximum Gasteiger partial charge on any atom is 0.149 e. The van der Waals surface area contributed by atoms with Crippen molar-refractivity contribution in [2.75, 3.05) is 10.6 Å². The van der Waals surface area contributed by atoms with Gasteiger partial charge in [0.05, 0.1) is 24.1 Å². The zero-order valence-electron chi connectivity index (χ0n) is 23.3. The molecule has 0 amide bonds. The molecule has 4 nitrogen and oxygen atoms in total. The van der Waals surface area contributed by atoms with Gasteiger partial charge in [0.25, 0.3) is 0 Å². The quantitative estimate of drug-likeness (QED) is 0.143. The number of aryl methyl sites for hydroxylation is 6. The van der Waals surface area contributed by atoms with Gasteiger partial charge in [0, 0.05) is 0 Å². The molecule has 0 radical (unpaired) electrons. The molecule has 4 rings (SSSR count). The Hall–Kier alpha value is -4.46. The number of nitrogens with zero attached hydrogens (tertiary/aromatic N) is 2. The number of nitrogens with one attached hydrogen (secondary N) is 2. The average Bonchev–Trinajstić information content (AvgIpc) is 2.86. The summed E-state index contributed by atoms with van der Waals surface area (Å²) >= 11 is 0. The van der Waals surface area contributed by atoms with Gasteiger partial charge in [-0.1, -0.05) is 47.5 Å². The van der Waals surface area contributed by atoms with Gasteiger partial charge in [-0.25, -0.2) is 27.5 Å². The first-order valence-corrected chi connectivity index (χ1v) is 12.6. The lowest BCUT2D eigenvalue weighted by molar-refractivity contribution is 0.590. The topological polar surface area (TPSA) is 48.8 Å². The largest absolute Gasteiger partial charge is 0.342 e. The van der Waals surface area contributed by atoms with Crippen LogP contribution in [0.2, 0.25) is 0 Å². The van der Waals surface area contributed by atoms with Crippen molar-refractivity contribution in [1.29, 1.82) is 0 Å². The minimum Gasteiger partial charge on any atom is -0.342 e. The SMILES string of the molecule is Cc1cc(C)c(N=CNc2c(F)cccc2F)c(C)c1.Cc1cc(C)c(N=CNc2c(F)cccc2F)c(C)c1. The van der Waals surface area contributed by atoms with Gasteiger partial charge in [-0.3, -0.25) is 0 Å². The zero-order valence-corrected chi connectivity index (χ0v) is 23.3. The van der Waals surface area contributed by atoms with Gasteiger partial charge in [0.2, 0.25) is 0 Å². The maximum absolute atomic E-state index is 13.4. The van der Waals surface area contributed by atoms with Crippen molar-refractivity contribution in [3.05, 3.63) is 117 Å². The second-order valence-electron chi connectivity index (χ2n) is 9.49. The van der Waals surface area contributed by atoms with Gasteiger partial charge < -0.3 is 10.6 Å². The Morgan fingerprint density at radius 2 is 0.775 bits per heavy atom. The lowest BCUT2D eigenvalue weighted by Crippen LogP contribution is -2.00. The van der Waals surface area contributed by atoms with E-state index in [1.54, 1.807) is 0 Å². The van der Waals surface area contributed by atoms with E-state index in [0.717, 1.165) is 44.8 Å². The van der Waals surface area contributed by atoms with Crippen molar-refractivity contribution in [1.82, 2.24) is 0 Å². The molecule has 4 aromatic rings. The normalized spacial score (nSPS) is 11.1. The molecule has 4 aromatic carbocycles. The van der Waals surface area contributed by atoms with Crippen LogP contribution in [0.25, 0.3) is 0 Å². The van der Waals surface area contributed by atoms with E-state index in [-0.39, 0.29) is 11.4 Å². The summed E-state index contributed by atoms with van der Waals surface area (Å²) in [7, 11) is 0. The highest BCUT2D eigenvalue weighted by molar-refractivity contribution is 5.80. The second kappa shape index (κ2) is 13.6. The van der Waals surface area contributed by atoms with Crippen molar-refractivity contribution in [2.24, 2.45) is 9.98 Å². The molecule has 0 aliphatic rings. The van der Waals surface area contributed by atoms with Gasteiger partial charge in [-0.05, 0) is 88.1 Å². The molecule has 40 heavy (non-hydrogen) atoms. The highest BCUT2D eigenvalue weighted by atomic mass is 19.1. The summed E-state index contributed by atoms with van der Waals surface area (Å²) in [6, 6.07) is 15.5. The fourth-order valence-electron chi connectivity index (χ4n) is 4.35. The molecule has 2 N–H and O–H groups in total. The summed E-state index contributed by atoms with van der Waals surface area (Å²) in [5, 5.41) is 5.11. The van der Waals surface area contributed by atoms with Crippen LogP contribution in [-0.2, 0) is 0 Å². The Labute approximate surface area is 232 Å². The van der Waals surface area contributed by atoms with Crippen LogP contribution in [0.4, 0.5) is 40.3 Å². The number of benzene rings is 4. The van der Waals surface area contributed by atoms with Crippen LogP contribution in [0, 0.1) is 64.8 Å². The predicted molar refractivity (Wildman–Crippen MR) is 158 cm³/mol. The zero-order chi connectivity index (χ0) is 29.4. The van der Waals surface area contributed by atoms with Crippen molar-refractivity contribution < 1.29 is 17.6 Å². The van der Waals surface area contributed by atoms with Crippen molar-refractivity contribution >= 4 is 35.4 Å². The first kappa shape index (κ1) is 30.1. The Morgan fingerprint density at radius 3 is 1.05 bits per heavy atom. The molecular formula is C32H32F4N4. The van der Waals surface area contributed by atoms with E-state index < -0.39 is 23.3 Å². The third kappa shape index (κ3) is 7.79. The minimum atomic E-state index is -0.645. The fraction of sp³-hybridized carbons (Fsp3) is 0.188. The summed E-state index contributed by atoms with van der Waals surface area (Å²) in [6.45, 7) is 11.8. The van der Waals surface area contributed by atoms with E-state index in [4.69, 9.17) is 0 Å². The number of anilines is 2. The molecule has 0 atom stereocenters. The molecule has 0 saturated heterocycles. The first-order valence-electron chi connectivity index (χ1n) is 12.6. The average molecular weight is 549 g/mol. The van der Waals surface area contributed by atoms with E-state index in [2.05, 4.69) is 20.6 Å². The standard InChI is InChI=1S/2C16H16F2N2/c2*1-10-7-11(2)15(12(3)8-10)19-9-20-16-13(17)5-4-6-14(16)18/h2*4-9H,1-3H3,(H,19,20). The van der Waals surface area contributed by atoms with E-state index in [0.29, 0.717) is 0 Å². The second-order valence-corrected chi connectivity index (χ2v) is 9.49. The Bertz CT molecular complexity index is 1360. The molecule has 0 aliphatic heterocycles. The molecule has 0 aliphatic carbocycles. The van der Waals surface area contributed by atoms with E-state index in [9.17, 15) is 17.6 Å². The monoisotopic (exact) mass is 548 g/mol. The number of para-hydroxylation sites is 2. The lowest BCUT2D eigenvalue weighted by Gasteiger charge is -2.07. The molecule has 8 heteroatoms. The van der Waals surface area contributed by atoms with Gasteiger partial charge >= 0.3 is 0 Å². The Kier molecular flexibility index (Phi) is 10.2. The van der Waals surface area contributed by atoms with Crippen LogP contribution in [0.1, 0.15) is 33.4 Å². The number of hydrogen-bond acceptors (Lipinski definition) is 2. The molecule has 0 heterocycles. The summed E-state index contributed by atoms with van der Waals surface area (Å²) in [4.78, 5) is 8.51. The molecule has 208 valence electrons. The molecule has 0 aromatic heterocycles. The summed E-state index contributed by atoms with van der Waals surface area (Å²) < 4.78 is 53.7. The van der Waals surface area contributed by atoms with E-state index >= 15 is 0 Å². The van der Waals surface area contributed by atoms with Crippen LogP contribution in [0.3, 0.4) is 0 Å². The van der Waals surface area contributed by atoms with E-state index in [1.807, 2.05) is 65.8 Å². The van der Waals surface area contributed by atoms with Crippen LogP contribution >= 0.6 is 0 Å². The highest BCUT2D eigenvalue weighted by Gasteiger charge is 2.08. The van der Waals surface area contributed by atoms with Crippen LogP contribution in [0.5, 0.6) is 0 Å². The predicted octanol–water partition coefficient (Wildman–Crippen LogP) is 9.32. The molecule has 0 unspecified atom stereocenters.